The van der Waals surface area contributed by atoms with Crippen LogP contribution in [0.1, 0.15) is 19.8 Å². The molecule has 0 aromatic carbocycles. The molecule has 1 aliphatic carbocycles. The Morgan fingerprint density at radius 3 is 2.83 bits per heavy atom. The SMILES string of the molecule is CC(C1CC1)N(C)S(=O)(=O)c1cnn(CCCl)c1. The normalized spacial score (nSPS) is 18.2. The van der Waals surface area contributed by atoms with Crippen LogP contribution in [0.2, 0.25) is 0 Å². The lowest BCUT2D eigenvalue weighted by atomic mass is 10.2. The molecule has 0 N–H and O–H groups in total. The van der Waals surface area contributed by atoms with E-state index in [2.05, 4.69) is 5.10 Å². The van der Waals surface area contributed by atoms with Gasteiger partial charge in [-0.3, -0.25) is 4.68 Å². The summed E-state index contributed by atoms with van der Waals surface area (Å²) in [5.41, 5.74) is 0. The zero-order valence-corrected chi connectivity index (χ0v) is 12.2. The van der Waals surface area contributed by atoms with Crippen LogP contribution in [0, 0.1) is 5.92 Å². The molecule has 0 amide bonds. The van der Waals surface area contributed by atoms with Gasteiger partial charge in [0.1, 0.15) is 4.90 Å². The van der Waals surface area contributed by atoms with Gasteiger partial charge in [0.25, 0.3) is 0 Å². The van der Waals surface area contributed by atoms with Gasteiger partial charge in [-0.2, -0.15) is 9.40 Å². The van der Waals surface area contributed by atoms with Crippen molar-refractivity contribution in [2.75, 3.05) is 12.9 Å². The number of rotatable bonds is 6. The Morgan fingerprint density at radius 2 is 2.28 bits per heavy atom. The number of alkyl halides is 1. The van der Waals surface area contributed by atoms with Crippen molar-refractivity contribution in [2.45, 2.75) is 37.2 Å². The Kier molecular flexibility index (Phi) is 3.99. The molecule has 1 unspecified atom stereocenters. The van der Waals surface area contributed by atoms with Crippen LogP contribution in [-0.4, -0.2) is 41.5 Å². The predicted octanol–water partition coefficient (Wildman–Crippen LogP) is 1.54. The maximum atomic E-state index is 12.4. The van der Waals surface area contributed by atoms with Gasteiger partial charge in [-0.15, -0.1) is 11.6 Å². The fourth-order valence-corrected chi connectivity index (χ4v) is 3.50. The molecule has 0 radical (unpaired) electrons. The van der Waals surface area contributed by atoms with Crippen molar-refractivity contribution >= 4 is 21.6 Å². The van der Waals surface area contributed by atoms with Crippen molar-refractivity contribution in [3.05, 3.63) is 12.4 Å². The molecule has 0 bridgehead atoms. The first kappa shape index (κ1) is 13.8. The van der Waals surface area contributed by atoms with E-state index in [-0.39, 0.29) is 10.9 Å². The molecule has 0 saturated heterocycles. The Balaban J connectivity index is 2.17. The first-order valence-corrected chi connectivity index (χ1v) is 8.00. The monoisotopic (exact) mass is 291 g/mol. The summed E-state index contributed by atoms with van der Waals surface area (Å²) in [5, 5.41) is 4.00. The van der Waals surface area contributed by atoms with Crippen molar-refractivity contribution in [2.24, 2.45) is 5.92 Å². The summed E-state index contributed by atoms with van der Waals surface area (Å²) in [4.78, 5) is 0.239. The van der Waals surface area contributed by atoms with Crippen LogP contribution in [0.15, 0.2) is 17.3 Å². The van der Waals surface area contributed by atoms with E-state index in [0.717, 1.165) is 12.8 Å². The van der Waals surface area contributed by atoms with Gasteiger partial charge >= 0.3 is 0 Å². The second-order valence-corrected chi connectivity index (χ2v) is 7.10. The highest BCUT2D eigenvalue weighted by Gasteiger charge is 2.36. The Bertz CT molecular complexity index is 510. The number of hydrogen-bond donors (Lipinski definition) is 0. The maximum Gasteiger partial charge on any atom is 0.246 e. The Morgan fingerprint density at radius 1 is 1.61 bits per heavy atom. The third-order valence-electron chi connectivity index (χ3n) is 3.48. The zero-order chi connectivity index (χ0) is 13.3. The first-order valence-electron chi connectivity index (χ1n) is 6.03. The van der Waals surface area contributed by atoms with Gasteiger partial charge in [0.15, 0.2) is 0 Å². The van der Waals surface area contributed by atoms with E-state index in [1.54, 1.807) is 11.7 Å². The van der Waals surface area contributed by atoms with E-state index in [1.165, 1.54) is 16.7 Å². The van der Waals surface area contributed by atoms with Gasteiger partial charge in [0.2, 0.25) is 10.0 Å². The zero-order valence-electron chi connectivity index (χ0n) is 10.6. The second kappa shape index (κ2) is 5.19. The minimum absolute atomic E-state index is 0.0476. The van der Waals surface area contributed by atoms with Gasteiger partial charge < -0.3 is 0 Å². The molecular weight excluding hydrogens is 274 g/mol. The van der Waals surface area contributed by atoms with E-state index in [1.807, 2.05) is 6.92 Å². The lowest BCUT2D eigenvalue weighted by Gasteiger charge is -2.23. The first-order chi connectivity index (χ1) is 8.46. The topological polar surface area (TPSA) is 55.2 Å². The lowest BCUT2D eigenvalue weighted by molar-refractivity contribution is 0.357. The molecule has 1 atom stereocenters. The van der Waals surface area contributed by atoms with E-state index < -0.39 is 10.0 Å². The second-order valence-electron chi connectivity index (χ2n) is 4.73. The predicted molar refractivity (Wildman–Crippen MR) is 70.1 cm³/mol. The fourth-order valence-electron chi connectivity index (χ4n) is 1.95. The van der Waals surface area contributed by atoms with Crippen LogP contribution in [0.4, 0.5) is 0 Å². The fraction of sp³-hybridized carbons (Fsp3) is 0.727. The summed E-state index contributed by atoms with van der Waals surface area (Å²) in [7, 11) is -1.80. The average Bonchev–Trinajstić information content (AvgIpc) is 3.07. The summed E-state index contributed by atoms with van der Waals surface area (Å²) in [6.07, 6.45) is 5.16. The minimum atomic E-state index is -3.43. The van der Waals surface area contributed by atoms with E-state index in [9.17, 15) is 8.42 Å². The molecule has 1 fully saturated rings. The number of aryl methyl sites for hydroxylation is 1. The number of halogens is 1. The van der Waals surface area contributed by atoms with Crippen LogP contribution >= 0.6 is 11.6 Å². The number of sulfonamides is 1. The van der Waals surface area contributed by atoms with Crippen LogP contribution in [-0.2, 0) is 16.6 Å². The third-order valence-corrected chi connectivity index (χ3v) is 5.54. The maximum absolute atomic E-state index is 12.4. The molecule has 102 valence electrons. The molecule has 5 nitrogen and oxygen atoms in total. The highest BCUT2D eigenvalue weighted by atomic mass is 35.5. The largest absolute Gasteiger partial charge is 0.270 e. The molecule has 0 aliphatic heterocycles. The van der Waals surface area contributed by atoms with Crippen LogP contribution in [0.5, 0.6) is 0 Å². The van der Waals surface area contributed by atoms with Crippen molar-refractivity contribution in [1.82, 2.24) is 14.1 Å². The molecule has 0 spiro atoms. The van der Waals surface area contributed by atoms with Gasteiger partial charge in [-0.25, -0.2) is 8.42 Å². The molecule has 7 heteroatoms. The summed E-state index contributed by atoms with van der Waals surface area (Å²) >= 11 is 5.60. The Labute approximate surface area is 113 Å². The third kappa shape index (κ3) is 2.70. The highest BCUT2D eigenvalue weighted by Crippen LogP contribution is 2.36. The van der Waals surface area contributed by atoms with E-state index >= 15 is 0 Å². The summed E-state index contributed by atoms with van der Waals surface area (Å²) in [6.45, 7) is 2.47. The van der Waals surface area contributed by atoms with Crippen LogP contribution < -0.4 is 0 Å². The van der Waals surface area contributed by atoms with Gasteiger partial charge in [0.05, 0.1) is 12.7 Å². The van der Waals surface area contributed by atoms with Crippen LogP contribution in [0.25, 0.3) is 0 Å². The summed E-state index contributed by atoms with van der Waals surface area (Å²) in [6, 6.07) is 0.0476. The number of hydrogen-bond acceptors (Lipinski definition) is 3. The smallest absolute Gasteiger partial charge is 0.246 e. The van der Waals surface area contributed by atoms with Crippen molar-refractivity contribution in [3.8, 4) is 0 Å². The molecule has 2 rings (SSSR count). The molecule has 1 heterocycles. The minimum Gasteiger partial charge on any atom is -0.270 e. The number of nitrogens with zero attached hydrogens (tertiary/aromatic N) is 3. The van der Waals surface area contributed by atoms with Gasteiger partial charge in [0, 0.05) is 25.2 Å². The quantitative estimate of drug-likeness (QED) is 0.747. The lowest BCUT2D eigenvalue weighted by Crippen LogP contribution is -2.36. The van der Waals surface area contributed by atoms with E-state index in [0.29, 0.717) is 18.3 Å². The van der Waals surface area contributed by atoms with E-state index in [4.69, 9.17) is 11.6 Å². The molecule has 1 aliphatic rings. The standard InChI is InChI=1S/C11H18ClN3O2S/c1-9(10-3-4-10)14(2)18(16,17)11-7-13-15(8-11)6-5-12/h7-10H,3-6H2,1-2H3. The summed E-state index contributed by atoms with van der Waals surface area (Å²) < 4.78 is 27.7. The summed E-state index contributed by atoms with van der Waals surface area (Å²) in [5.74, 6) is 0.915. The molecule has 18 heavy (non-hydrogen) atoms. The Hall–Kier alpha value is -0.590. The van der Waals surface area contributed by atoms with Crippen molar-refractivity contribution in [1.29, 1.82) is 0 Å². The van der Waals surface area contributed by atoms with Crippen LogP contribution in [0.3, 0.4) is 0 Å². The molecule has 1 saturated carbocycles. The van der Waals surface area contributed by atoms with Crippen molar-refractivity contribution in [3.63, 3.8) is 0 Å². The van der Waals surface area contributed by atoms with Gasteiger partial charge in [-0.05, 0) is 25.7 Å². The molecule has 1 aromatic heterocycles. The molecule has 1 aromatic rings. The van der Waals surface area contributed by atoms with Gasteiger partial charge in [-0.1, -0.05) is 0 Å². The average molecular weight is 292 g/mol. The van der Waals surface area contributed by atoms with Crippen molar-refractivity contribution < 1.29 is 8.42 Å². The number of aromatic nitrogens is 2. The molecular formula is C11H18ClN3O2S. The highest BCUT2D eigenvalue weighted by molar-refractivity contribution is 7.89.